The lowest BCUT2D eigenvalue weighted by atomic mass is 9.91. The van der Waals surface area contributed by atoms with Crippen LogP contribution in [0.3, 0.4) is 0 Å². The summed E-state index contributed by atoms with van der Waals surface area (Å²) < 4.78 is 56.2. The zero-order valence-electron chi connectivity index (χ0n) is 31.2. The van der Waals surface area contributed by atoms with E-state index >= 15 is 0 Å². The van der Waals surface area contributed by atoms with Gasteiger partial charge in [-0.25, -0.2) is 18.6 Å². The van der Waals surface area contributed by atoms with Crippen molar-refractivity contribution in [2.24, 2.45) is 0 Å². The summed E-state index contributed by atoms with van der Waals surface area (Å²) in [5.74, 6) is -1.22. The number of pyridine rings is 1. The van der Waals surface area contributed by atoms with Crippen molar-refractivity contribution in [1.82, 2.24) is 9.38 Å². The highest BCUT2D eigenvalue weighted by molar-refractivity contribution is 5.83. The van der Waals surface area contributed by atoms with Crippen molar-refractivity contribution in [2.45, 2.75) is 110 Å². The molecule has 51 heavy (non-hydrogen) atoms. The van der Waals surface area contributed by atoms with Crippen LogP contribution in [-0.2, 0) is 25.4 Å². The zero-order valence-corrected chi connectivity index (χ0v) is 31.2. The first-order valence-electron chi connectivity index (χ1n) is 18.2. The van der Waals surface area contributed by atoms with Crippen molar-refractivity contribution in [1.29, 1.82) is 0 Å². The molecule has 2 aromatic heterocycles. The number of anilines is 1. The Kier molecular flexibility index (Phi) is 10.5. The molecule has 1 fully saturated rings. The van der Waals surface area contributed by atoms with Crippen molar-refractivity contribution in [3.63, 3.8) is 0 Å². The highest BCUT2D eigenvalue weighted by Gasteiger charge is 2.38. The molecule has 6 bridgehead atoms. The average Bonchev–Trinajstić information content (AvgIpc) is 3.52. The third-order valence-corrected chi connectivity index (χ3v) is 10.2. The molecule has 3 aliphatic heterocycles. The Balaban J connectivity index is 1.60. The summed E-state index contributed by atoms with van der Waals surface area (Å²) in [7, 11) is 1.39. The summed E-state index contributed by atoms with van der Waals surface area (Å²) in [5, 5.41) is 0. The number of carbonyl (C=O) groups is 1. The summed E-state index contributed by atoms with van der Waals surface area (Å²) in [4.78, 5) is 21.2. The number of benzene rings is 2. The van der Waals surface area contributed by atoms with Crippen molar-refractivity contribution in [3.05, 3.63) is 70.9 Å². The number of hydrogen-bond donors (Lipinski definition) is 0. The molecule has 0 aliphatic carbocycles. The Morgan fingerprint density at radius 1 is 1.10 bits per heavy atom. The van der Waals surface area contributed by atoms with Crippen molar-refractivity contribution >= 4 is 17.4 Å². The third kappa shape index (κ3) is 7.63. The van der Waals surface area contributed by atoms with Gasteiger partial charge in [0.1, 0.15) is 17.2 Å². The van der Waals surface area contributed by atoms with Gasteiger partial charge < -0.3 is 23.8 Å². The molecule has 7 rings (SSSR count). The number of esters is 1. The lowest BCUT2D eigenvalue weighted by molar-refractivity contribution is -0.164. The van der Waals surface area contributed by atoms with Crippen LogP contribution in [0.25, 0.3) is 28.0 Å². The van der Waals surface area contributed by atoms with Gasteiger partial charge in [0.05, 0.1) is 30.1 Å². The Morgan fingerprint density at radius 3 is 2.49 bits per heavy atom. The molecular formula is C41H51F2N3O5. The second kappa shape index (κ2) is 14.5. The molecule has 1 saturated heterocycles. The highest BCUT2D eigenvalue weighted by Crippen LogP contribution is 2.42. The molecule has 0 N–H and O–H groups in total. The van der Waals surface area contributed by atoms with Crippen LogP contribution in [0.5, 0.6) is 5.75 Å². The van der Waals surface area contributed by atoms with E-state index in [2.05, 4.69) is 23.1 Å². The van der Waals surface area contributed by atoms with Gasteiger partial charge >= 0.3 is 5.97 Å². The fourth-order valence-corrected chi connectivity index (χ4v) is 7.43. The molecule has 2 aromatic carbocycles. The van der Waals surface area contributed by atoms with Crippen LogP contribution in [0.4, 0.5) is 14.6 Å². The fraction of sp³-hybridized carbons (Fsp3) is 0.512. The van der Waals surface area contributed by atoms with Crippen LogP contribution in [0, 0.1) is 18.6 Å². The van der Waals surface area contributed by atoms with Gasteiger partial charge in [-0.15, -0.1) is 0 Å². The van der Waals surface area contributed by atoms with Gasteiger partial charge in [0, 0.05) is 48.6 Å². The van der Waals surface area contributed by atoms with E-state index in [1.165, 1.54) is 13.2 Å². The number of ether oxygens (including phenoxy) is 4. The first kappa shape index (κ1) is 36.8. The van der Waals surface area contributed by atoms with E-state index in [1.807, 2.05) is 65.1 Å². The minimum absolute atomic E-state index is 0.209. The maximum atomic E-state index is 14.8. The van der Waals surface area contributed by atoms with Crippen LogP contribution in [0.15, 0.2) is 42.6 Å². The molecule has 0 radical (unpaired) electrons. The van der Waals surface area contributed by atoms with E-state index < -0.39 is 29.3 Å². The summed E-state index contributed by atoms with van der Waals surface area (Å²) in [6, 6.07) is 10.0. The summed E-state index contributed by atoms with van der Waals surface area (Å²) >= 11 is 0. The Bertz CT molecular complexity index is 1910. The molecule has 0 unspecified atom stereocenters. The molecule has 0 saturated carbocycles. The molecule has 2 atom stereocenters. The molecular weight excluding hydrogens is 652 g/mol. The lowest BCUT2D eigenvalue weighted by Crippen LogP contribution is -2.45. The maximum Gasteiger partial charge on any atom is 0.339 e. The smallest absolute Gasteiger partial charge is 0.339 e. The topological polar surface area (TPSA) is 74.5 Å². The number of fused-ring (bicyclic) bond motifs is 8. The van der Waals surface area contributed by atoms with E-state index in [1.54, 1.807) is 0 Å². The summed E-state index contributed by atoms with van der Waals surface area (Å²) in [6.45, 7) is 16.1. The first-order chi connectivity index (χ1) is 24.2. The predicted octanol–water partition coefficient (Wildman–Crippen LogP) is 9.17. The van der Waals surface area contributed by atoms with Crippen LogP contribution >= 0.6 is 0 Å². The Labute approximate surface area is 300 Å². The number of carbonyl (C=O) groups excluding carboxylic acids is 1. The molecule has 3 aliphatic rings. The molecule has 10 heteroatoms. The van der Waals surface area contributed by atoms with Crippen LogP contribution in [0.1, 0.15) is 96.4 Å². The van der Waals surface area contributed by atoms with Crippen LogP contribution in [0.2, 0.25) is 0 Å². The van der Waals surface area contributed by atoms with Gasteiger partial charge in [0.15, 0.2) is 17.7 Å². The number of aryl methyl sites for hydroxylation is 1. The lowest BCUT2D eigenvalue weighted by Gasteiger charge is -2.42. The van der Waals surface area contributed by atoms with Gasteiger partial charge in [-0.2, -0.15) is 0 Å². The maximum absolute atomic E-state index is 14.8. The minimum Gasteiger partial charge on any atom is -0.490 e. The van der Waals surface area contributed by atoms with Crippen molar-refractivity contribution in [3.8, 4) is 28.1 Å². The molecule has 4 aromatic rings. The molecule has 5 heterocycles. The summed E-state index contributed by atoms with van der Waals surface area (Å²) in [5.41, 5.74) is 5.20. The van der Waals surface area contributed by atoms with E-state index in [4.69, 9.17) is 23.9 Å². The van der Waals surface area contributed by atoms with Gasteiger partial charge in [-0.1, -0.05) is 25.1 Å². The number of nitrogens with zero attached hydrogens (tertiary/aromatic N) is 3. The first-order valence-corrected chi connectivity index (χ1v) is 18.2. The average molecular weight is 704 g/mol. The monoisotopic (exact) mass is 703 g/mol. The standard InChI is InChI=1S/C41H51F2N3O5/c1-9-29-26(3)35(36(39(47)48-8)51-40(4,5)6)38-45-18-16-41(7,17-19-45)49-20-11-10-13-25(2)50-34-23-32(43)31(42)22-30(34)27-14-12-15-28(21-27)33-24-46(38)37(29)44-33/h12,14-15,21-25,36H,9-11,13,16-20H2,1-8H3/t25-,36-/m0/s1. The molecule has 8 nitrogen and oxygen atoms in total. The second-order valence-corrected chi connectivity index (χ2v) is 15.2. The predicted molar refractivity (Wildman–Crippen MR) is 195 cm³/mol. The molecule has 274 valence electrons. The number of halogens is 2. The molecule has 0 spiro atoms. The quantitative estimate of drug-likeness (QED) is 0.196. The number of rotatable bonds is 4. The second-order valence-electron chi connectivity index (χ2n) is 15.2. The number of aromatic nitrogens is 2. The van der Waals surface area contributed by atoms with E-state index in [-0.39, 0.29) is 11.7 Å². The van der Waals surface area contributed by atoms with Gasteiger partial charge in [0.25, 0.3) is 0 Å². The number of piperidine rings is 1. The SMILES string of the molecule is CCc1c(C)c([C@H](OC(C)(C)C)C(=O)OC)c2n3cc(nc13)-c1cccc(c1)-c1cc(F)c(F)cc1O[C@@H](C)CCCCOC1(C)CCN2CC1. The van der Waals surface area contributed by atoms with Crippen LogP contribution in [-0.4, -0.2) is 59.5 Å². The normalized spacial score (nSPS) is 20.6. The third-order valence-electron chi connectivity index (χ3n) is 10.2. The number of hydrogen-bond acceptors (Lipinski definition) is 7. The van der Waals surface area contributed by atoms with Crippen molar-refractivity contribution < 1.29 is 32.5 Å². The largest absolute Gasteiger partial charge is 0.490 e. The highest BCUT2D eigenvalue weighted by atomic mass is 19.2. The fourth-order valence-electron chi connectivity index (χ4n) is 7.43. The van der Waals surface area contributed by atoms with E-state index in [9.17, 15) is 13.6 Å². The van der Waals surface area contributed by atoms with Gasteiger partial charge in [0.2, 0.25) is 0 Å². The van der Waals surface area contributed by atoms with Crippen molar-refractivity contribution in [2.75, 3.05) is 31.7 Å². The summed E-state index contributed by atoms with van der Waals surface area (Å²) in [6.07, 6.45) is 5.55. The minimum atomic E-state index is -0.974. The van der Waals surface area contributed by atoms with Crippen LogP contribution < -0.4 is 9.64 Å². The zero-order chi connectivity index (χ0) is 36.7. The number of methoxy groups -OCH3 is 1. The van der Waals surface area contributed by atoms with E-state index in [0.29, 0.717) is 48.7 Å². The number of imidazole rings is 1. The van der Waals surface area contributed by atoms with Gasteiger partial charge in [-0.05, 0) is 109 Å². The van der Waals surface area contributed by atoms with Gasteiger partial charge in [-0.3, -0.25) is 4.40 Å². The Morgan fingerprint density at radius 2 is 1.80 bits per heavy atom. The Hall–Kier alpha value is -4.02. The van der Waals surface area contributed by atoms with E-state index in [0.717, 1.165) is 71.9 Å². The molecule has 0 amide bonds.